The number of anilines is 1. The van der Waals surface area contributed by atoms with Crippen LogP contribution in [-0.4, -0.2) is 43.7 Å². The van der Waals surface area contributed by atoms with Crippen molar-refractivity contribution in [2.24, 2.45) is 0 Å². The van der Waals surface area contributed by atoms with Gasteiger partial charge in [-0.25, -0.2) is 0 Å². The van der Waals surface area contributed by atoms with Crippen molar-refractivity contribution in [3.8, 4) is 5.75 Å². The minimum absolute atomic E-state index is 0.0198. The van der Waals surface area contributed by atoms with E-state index in [4.69, 9.17) is 15.2 Å². The summed E-state index contributed by atoms with van der Waals surface area (Å²) >= 11 is 0. The van der Waals surface area contributed by atoms with Crippen LogP contribution in [-0.2, 0) is 9.53 Å². The molecule has 1 heterocycles. The Balaban J connectivity index is 1.77. The number of hydrogen-bond donors (Lipinski definition) is 1. The van der Waals surface area contributed by atoms with Crippen LogP contribution in [0.15, 0.2) is 24.3 Å². The molecular weight excluding hydrogens is 244 g/mol. The first-order valence-corrected chi connectivity index (χ1v) is 6.48. The quantitative estimate of drug-likeness (QED) is 0.832. The Morgan fingerprint density at radius 1 is 1.32 bits per heavy atom. The summed E-state index contributed by atoms with van der Waals surface area (Å²) in [4.78, 5) is 13.8. The van der Waals surface area contributed by atoms with Crippen molar-refractivity contribution < 1.29 is 14.3 Å². The zero-order valence-corrected chi connectivity index (χ0v) is 11.2. The van der Waals surface area contributed by atoms with E-state index in [2.05, 4.69) is 0 Å². The van der Waals surface area contributed by atoms with Crippen molar-refractivity contribution in [3.63, 3.8) is 0 Å². The fourth-order valence-corrected chi connectivity index (χ4v) is 2.14. The van der Waals surface area contributed by atoms with E-state index in [1.54, 1.807) is 31.4 Å². The fourth-order valence-electron chi connectivity index (χ4n) is 2.14. The molecule has 0 unspecified atom stereocenters. The number of benzene rings is 1. The van der Waals surface area contributed by atoms with Crippen LogP contribution >= 0.6 is 0 Å². The van der Waals surface area contributed by atoms with Crippen LogP contribution in [0.5, 0.6) is 5.75 Å². The first-order valence-electron chi connectivity index (χ1n) is 6.48. The number of likely N-dealkylation sites (tertiary alicyclic amines) is 1. The van der Waals surface area contributed by atoms with Gasteiger partial charge in [0.05, 0.1) is 6.10 Å². The van der Waals surface area contributed by atoms with Gasteiger partial charge in [0, 0.05) is 25.9 Å². The van der Waals surface area contributed by atoms with Gasteiger partial charge in [-0.15, -0.1) is 0 Å². The van der Waals surface area contributed by atoms with Gasteiger partial charge in [0.1, 0.15) is 5.75 Å². The lowest BCUT2D eigenvalue weighted by atomic mass is 10.1. The number of amides is 1. The number of nitrogens with two attached hydrogens (primary N) is 1. The predicted molar refractivity (Wildman–Crippen MR) is 73.0 cm³/mol. The molecule has 0 bridgehead atoms. The van der Waals surface area contributed by atoms with Crippen LogP contribution in [0.3, 0.4) is 0 Å². The molecule has 1 aliphatic rings. The molecule has 5 heteroatoms. The molecule has 1 saturated heterocycles. The van der Waals surface area contributed by atoms with Crippen LogP contribution in [0.2, 0.25) is 0 Å². The van der Waals surface area contributed by atoms with E-state index >= 15 is 0 Å². The third-order valence-corrected chi connectivity index (χ3v) is 3.37. The normalized spacial score (nSPS) is 16.4. The molecular formula is C14H20N2O3. The predicted octanol–water partition coefficient (Wildman–Crippen LogP) is 1.28. The number of carbonyl (C=O) groups excluding carboxylic acids is 1. The minimum Gasteiger partial charge on any atom is -0.484 e. The highest BCUT2D eigenvalue weighted by atomic mass is 16.5. The molecule has 1 aromatic rings. The molecule has 1 aliphatic heterocycles. The summed E-state index contributed by atoms with van der Waals surface area (Å²) in [5.41, 5.74) is 6.26. The summed E-state index contributed by atoms with van der Waals surface area (Å²) in [5, 5.41) is 0. The van der Waals surface area contributed by atoms with Gasteiger partial charge in [0.2, 0.25) is 0 Å². The highest BCUT2D eigenvalue weighted by Crippen LogP contribution is 2.15. The standard InChI is InChI=1S/C14H20N2O3/c1-18-12-6-8-16(9-7-12)14(17)10-19-13-4-2-11(15)3-5-13/h2-5,12H,6-10,15H2,1H3. The molecule has 0 atom stereocenters. The van der Waals surface area contributed by atoms with E-state index in [0.29, 0.717) is 11.4 Å². The molecule has 0 aliphatic carbocycles. The van der Waals surface area contributed by atoms with Crippen LogP contribution in [0, 0.1) is 0 Å². The molecule has 1 aromatic carbocycles. The van der Waals surface area contributed by atoms with Crippen molar-refractivity contribution in [2.45, 2.75) is 18.9 Å². The minimum atomic E-state index is 0.0198. The summed E-state index contributed by atoms with van der Waals surface area (Å²) in [6, 6.07) is 7.04. The topological polar surface area (TPSA) is 64.8 Å². The summed E-state index contributed by atoms with van der Waals surface area (Å²) in [6.07, 6.45) is 2.07. The number of nitrogens with zero attached hydrogens (tertiary/aromatic N) is 1. The van der Waals surface area contributed by atoms with Crippen molar-refractivity contribution >= 4 is 11.6 Å². The van der Waals surface area contributed by atoms with Gasteiger partial charge in [0.15, 0.2) is 6.61 Å². The summed E-state index contributed by atoms with van der Waals surface area (Å²) < 4.78 is 10.7. The maximum Gasteiger partial charge on any atom is 0.260 e. The average Bonchev–Trinajstić information content (AvgIpc) is 2.46. The summed E-state index contributed by atoms with van der Waals surface area (Å²) in [7, 11) is 1.71. The Kier molecular flexibility index (Phi) is 4.63. The average molecular weight is 264 g/mol. The number of rotatable bonds is 4. The molecule has 2 rings (SSSR count). The SMILES string of the molecule is COC1CCN(C(=O)COc2ccc(N)cc2)CC1. The van der Waals surface area contributed by atoms with Crippen molar-refractivity contribution in [2.75, 3.05) is 32.5 Å². The molecule has 104 valence electrons. The molecule has 0 spiro atoms. The molecule has 0 radical (unpaired) electrons. The van der Waals surface area contributed by atoms with Gasteiger partial charge in [-0.05, 0) is 37.1 Å². The zero-order valence-electron chi connectivity index (χ0n) is 11.2. The molecule has 0 saturated carbocycles. The summed E-state index contributed by atoms with van der Waals surface area (Å²) in [6.45, 7) is 1.55. The number of nitrogen functional groups attached to an aromatic ring is 1. The van der Waals surface area contributed by atoms with Gasteiger partial charge < -0.3 is 20.1 Å². The number of ether oxygens (including phenoxy) is 2. The van der Waals surface area contributed by atoms with E-state index < -0.39 is 0 Å². The maximum atomic E-state index is 12.0. The first kappa shape index (κ1) is 13.7. The van der Waals surface area contributed by atoms with E-state index in [1.165, 1.54) is 0 Å². The Morgan fingerprint density at radius 2 is 1.95 bits per heavy atom. The van der Waals surface area contributed by atoms with Crippen LogP contribution in [0.25, 0.3) is 0 Å². The Bertz CT molecular complexity index is 411. The lowest BCUT2D eigenvalue weighted by molar-refractivity contribution is -0.135. The monoisotopic (exact) mass is 264 g/mol. The fraction of sp³-hybridized carbons (Fsp3) is 0.500. The Morgan fingerprint density at radius 3 is 2.53 bits per heavy atom. The Labute approximate surface area is 113 Å². The molecule has 2 N–H and O–H groups in total. The molecule has 1 fully saturated rings. The van der Waals surface area contributed by atoms with Gasteiger partial charge >= 0.3 is 0 Å². The second-order valence-corrected chi connectivity index (χ2v) is 4.67. The third kappa shape index (κ3) is 3.86. The second-order valence-electron chi connectivity index (χ2n) is 4.67. The zero-order chi connectivity index (χ0) is 13.7. The van der Waals surface area contributed by atoms with Crippen molar-refractivity contribution in [1.82, 2.24) is 4.90 Å². The van der Waals surface area contributed by atoms with E-state index in [1.807, 2.05) is 4.90 Å². The van der Waals surface area contributed by atoms with Gasteiger partial charge in [0.25, 0.3) is 5.91 Å². The van der Waals surface area contributed by atoms with Gasteiger partial charge in [-0.2, -0.15) is 0 Å². The third-order valence-electron chi connectivity index (χ3n) is 3.37. The smallest absolute Gasteiger partial charge is 0.260 e. The number of methoxy groups -OCH3 is 1. The van der Waals surface area contributed by atoms with E-state index in [0.717, 1.165) is 25.9 Å². The van der Waals surface area contributed by atoms with Crippen LogP contribution in [0.4, 0.5) is 5.69 Å². The maximum absolute atomic E-state index is 12.0. The van der Waals surface area contributed by atoms with Gasteiger partial charge in [-0.3, -0.25) is 4.79 Å². The lowest BCUT2D eigenvalue weighted by Crippen LogP contribution is -2.42. The lowest BCUT2D eigenvalue weighted by Gasteiger charge is -2.31. The van der Waals surface area contributed by atoms with Crippen LogP contribution in [0.1, 0.15) is 12.8 Å². The molecule has 5 nitrogen and oxygen atoms in total. The first-order chi connectivity index (χ1) is 9.19. The van der Waals surface area contributed by atoms with Crippen molar-refractivity contribution in [1.29, 1.82) is 0 Å². The van der Waals surface area contributed by atoms with Gasteiger partial charge in [-0.1, -0.05) is 0 Å². The number of piperidine rings is 1. The van der Waals surface area contributed by atoms with E-state index in [9.17, 15) is 4.79 Å². The summed E-state index contributed by atoms with van der Waals surface area (Å²) in [5.74, 6) is 0.681. The highest BCUT2D eigenvalue weighted by molar-refractivity contribution is 5.77. The number of carbonyl (C=O) groups is 1. The molecule has 1 amide bonds. The Hall–Kier alpha value is -1.75. The highest BCUT2D eigenvalue weighted by Gasteiger charge is 2.22. The van der Waals surface area contributed by atoms with E-state index in [-0.39, 0.29) is 18.6 Å². The second kappa shape index (κ2) is 6.43. The number of hydrogen-bond acceptors (Lipinski definition) is 4. The molecule has 19 heavy (non-hydrogen) atoms. The largest absolute Gasteiger partial charge is 0.484 e. The molecule has 0 aromatic heterocycles. The van der Waals surface area contributed by atoms with Crippen LogP contribution < -0.4 is 10.5 Å². The van der Waals surface area contributed by atoms with Crippen molar-refractivity contribution in [3.05, 3.63) is 24.3 Å².